The van der Waals surface area contributed by atoms with E-state index < -0.39 is 10.0 Å². The highest BCUT2D eigenvalue weighted by Crippen LogP contribution is 2.32. The van der Waals surface area contributed by atoms with Crippen molar-refractivity contribution in [1.29, 1.82) is 0 Å². The molecule has 0 aliphatic heterocycles. The van der Waals surface area contributed by atoms with Gasteiger partial charge in [0.1, 0.15) is 4.21 Å². The molecule has 1 N–H and O–H groups in total. The molecule has 0 fully saturated rings. The van der Waals surface area contributed by atoms with E-state index in [0.717, 1.165) is 14.9 Å². The van der Waals surface area contributed by atoms with Crippen LogP contribution in [0.5, 0.6) is 0 Å². The molecule has 7 heteroatoms. The summed E-state index contributed by atoms with van der Waals surface area (Å²) >= 11 is 4.56. The third-order valence-corrected chi connectivity index (χ3v) is 6.91. The zero-order chi connectivity index (χ0) is 15.5. The molecule has 114 valence electrons. The minimum absolute atomic E-state index is 0.299. The molecule has 1 aromatic carbocycles. The van der Waals surface area contributed by atoms with Gasteiger partial charge < -0.3 is 4.74 Å². The van der Waals surface area contributed by atoms with Gasteiger partial charge in [-0.15, -0.1) is 11.3 Å². The summed E-state index contributed by atoms with van der Waals surface area (Å²) in [6, 6.07) is 9.01. The quantitative estimate of drug-likeness (QED) is 0.816. The van der Waals surface area contributed by atoms with Crippen LogP contribution in [0.4, 0.5) is 5.69 Å². The Hall–Kier alpha value is -0.890. The van der Waals surface area contributed by atoms with E-state index in [1.54, 1.807) is 19.2 Å². The zero-order valence-corrected chi connectivity index (χ0v) is 14.9. The maximum Gasteiger partial charge on any atom is 0.271 e. The van der Waals surface area contributed by atoms with Gasteiger partial charge in [0, 0.05) is 7.11 Å². The molecule has 0 atom stereocenters. The number of thiophene rings is 1. The van der Waals surface area contributed by atoms with Crippen LogP contribution in [-0.4, -0.2) is 22.1 Å². The number of halogens is 1. The van der Waals surface area contributed by atoms with E-state index in [9.17, 15) is 8.42 Å². The molecule has 21 heavy (non-hydrogen) atoms. The molecule has 0 saturated heterocycles. The fourth-order valence-corrected chi connectivity index (χ4v) is 5.14. The monoisotopic (exact) mass is 389 g/mol. The summed E-state index contributed by atoms with van der Waals surface area (Å²) in [6.07, 6.45) is 0.655. The van der Waals surface area contributed by atoms with Crippen molar-refractivity contribution in [2.75, 3.05) is 18.4 Å². The van der Waals surface area contributed by atoms with Crippen LogP contribution in [0.3, 0.4) is 0 Å². The van der Waals surface area contributed by atoms with Gasteiger partial charge in [-0.25, -0.2) is 8.42 Å². The Kier molecular flexibility index (Phi) is 5.43. The smallest absolute Gasteiger partial charge is 0.271 e. The molecule has 0 saturated carbocycles. The van der Waals surface area contributed by atoms with Crippen LogP contribution in [0, 0.1) is 6.92 Å². The Bertz CT molecular complexity index is 706. The van der Waals surface area contributed by atoms with Crippen molar-refractivity contribution in [3.8, 4) is 0 Å². The Labute approximate surface area is 137 Å². The van der Waals surface area contributed by atoms with Crippen LogP contribution in [-0.2, 0) is 21.2 Å². The second-order valence-corrected chi connectivity index (χ2v) is 8.81. The van der Waals surface area contributed by atoms with Crippen LogP contribution in [0.25, 0.3) is 0 Å². The molecule has 0 radical (unpaired) electrons. The van der Waals surface area contributed by atoms with Gasteiger partial charge in [-0.1, -0.05) is 18.2 Å². The van der Waals surface area contributed by atoms with Crippen molar-refractivity contribution in [1.82, 2.24) is 0 Å². The Morgan fingerprint density at radius 2 is 2.05 bits per heavy atom. The van der Waals surface area contributed by atoms with Gasteiger partial charge in [0.05, 0.1) is 16.1 Å². The number of aryl methyl sites for hydroxylation is 1. The average molecular weight is 390 g/mol. The Morgan fingerprint density at radius 3 is 2.67 bits per heavy atom. The van der Waals surface area contributed by atoms with Crippen LogP contribution >= 0.6 is 27.3 Å². The summed E-state index contributed by atoms with van der Waals surface area (Å²) in [7, 11) is -1.94. The van der Waals surface area contributed by atoms with Crippen molar-refractivity contribution in [3.05, 3.63) is 45.2 Å². The number of benzene rings is 1. The number of sulfonamides is 1. The topological polar surface area (TPSA) is 55.4 Å². The summed E-state index contributed by atoms with van der Waals surface area (Å²) in [5.41, 5.74) is 2.42. The number of nitrogens with one attached hydrogen (secondary N) is 1. The molecule has 1 aromatic heterocycles. The van der Waals surface area contributed by atoms with Gasteiger partial charge in [0.2, 0.25) is 0 Å². The maximum absolute atomic E-state index is 12.4. The zero-order valence-electron chi connectivity index (χ0n) is 11.7. The highest BCUT2D eigenvalue weighted by atomic mass is 79.9. The number of ether oxygens (including phenoxy) is 1. The van der Waals surface area contributed by atoms with Crippen LogP contribution in [0.2, 0.25) is 0 Å². The van der Waals surface area contributed by atoms with Crippen LogP contribution < -0.4 is 4.72 Å². The van der Waals surface area contributed by atoms with Crippen LogP contribution in [0.1, 0.15) is 11.1 Å². The van der Waals surface area contributed by atoms with E-state index in [1.165, 1.54) is 11.3 Å². The molecule has 0 aliphatic rings. The highest BCUT2D eigenvalue weighted by Gasteiger charge is 2.19. The molecule has 0 aliphatic carbocycles. The fraction of sp³-hybridized carbons (Fsp3) is 0.286. The molecule has 4 nitrogen and oxygen atoms in total. The molecular weight excluding hydrogens is 374 g/mol. The second kappa shape index (κ2) is 6.91. The summed E-state index contributed by atoms with van der Waals surface area (Å²) in [5.74, 6) is 0. The van der Waals surface area contributed by atoms with E-state index in [2.05, 4.69) is 20.7 Å². The first kappa shape index (κ1) is 16.5. The molecule has 0 spiro atoms. The van der Waals surface area contributed by atoms with Crippen molar-refractivity contribution in [2.45, 2.75) is 17.6 Å². The van der Waals surface area contributed by atoms with Crippen LogP contribution in [0.15, 0.2) is 38.3 Å². The number of para-hydroxylation sites is 1. The standard InChI is InChI=1S/C14H16BrNO3S2/c1-10-9-13(20-14(10)15)21(17,18)16-12-6-4-3-5-11(12)7-8-19-2/h3-6,9,16H,7-8H2,1-2H3. The predicted molar refractivity (Wildman–Crippen MR) is 89.6 cm³/mol. The molecular formula is C14H16BrNO3S2. The summed E-state index contributed by atoms with van der Waals surface area (Å²) in [5, 5.41) is 0. The molecule has 0 amide bonds. The number of anilines is 1. The second-order valence-electron chi connectivity index (χ2n) is 4.53. The lowest BCUT2D eigenvalue weighted by atomic mass is 10.1. The SMILES string of the molecule is COCCc1ccccc1NS(=O)(=O)c1cc(C)c(Br)s1. The largest absolute Gasteiger partial charge is 0.384 e. The number of methoxy groups -OCH3 is 1. The summed E-state index contributed by atoms with van der Waals surface area (Å²) < 4.78 is 33.7. The van der Waals surface area contributed by atoms with Crippen molar-refractivity contribution >= 4 is 43.0 Å². The Morgan fingerprint density at radius 1 is 1.33 bits per heavy atom. The predicted octanol–water partition coefficient (Wildman–Crippen LogP) is 3.81. The van der Waals surface area contributed by atoms with E-state index in [-0.39, 0.29) is 0 Å². The fourth-order valence-electron chi connectivity index (χ4n) is 1.81. The third kappa shape index (κ3) is 4.06. The molecule has 2 rings (SSSR count). The summed E-state index contributed by atoms with van der Waals surface area (Å²) in [4.78, 5) is 0. The number of rotatable bonds is 6. The van der Waals surface area contributed by atoms with E-state index >= 15 is 0 Å². The first-order valence-corrected chi connectivity index (χ1v) is 9.39. The normalized spacial score (nSPS) is 11.6. The minimum Gasteiger partial charge on any atom is -0.384 e. The first-order chi connectivity index (χ1) is 9.94. The van der Waals surface area contributed by atoms with Gasteiger partial charge in [0.25, 0.3) is 10.0 Å². The van der Waals surface area contributed by atoms with Gasteiger partial charge in [0.15, 0.2) is 0 Å². The summed E-state index contributed by atoms with van der Waals surface area (Å²) in [6.45, 7) is 2.41. The molecule has 0 unspecified atom stereocenters. The van der Waals surface area contributed by atoms with Crippen molar-refractivity contribution in [3.63, 3.8) is 0 Å². The maximum atomic E-state index is 12.4. The molecule has 0 bridgehead atoms. The first-order valence-electron chi connectivity index (χ1n) is 6.29. The van der Waals surface area contributed by atoms with Gasteiger partial charge >= 0.3 is 0 Å². The Balaban J connectivity index is 2.28. The van der Waals surface area contributed by atoms with Gasteiger partial charge in [-0.2, -0.15) is 0 Å². The van der Waals surface area contributed by atoms with E-state index in [0.29, 0.717) is 22.9 Å². The van der Waals surface area contributed by atoms with Gasteiger partial charge in [-0.05, 0) is 52.5 Å². The van der Waals surface area contributed by atoms with E-state index in [4.69, 9.17) is 4.74 Å². The minimum atomic E-state index is -3.56. The third-order valence-electron chi connectivity index (χ3n) is 2.94. The van der Waals surface area contributed by atoms with Crippen molar-refractivity contribution < 1.29 is 13.2 Å². The lowest BCUT2D eigenvalue weighted by Crippen LogP contribution is -2.13. The lowest BCUT2D eigenvalue weighted by Gasteiger charge is -2.11. The molecule has 1 heterocycles. The van der Waals surface area contributed by atoms with Crippen molar-refractivity contribution in [2.24, 2.45) is 0 Å². The highest BCUT2D eigenvalue weighted by molar-refractivity contribution is 9.11. The van der Waals surface area contributed by atoms with Gasteiger partial charge in [-0.3, -0.25) is 4.72 Å². The average Bonchev–Trinajstić information content (AvgIpc) is 2.78. The number of hydrogen-bond acceptors (Lipinski definition) is 4. The van der Waals surface area contributed by atoms with E-state index in [1.807, 2.05) is 25.1 Å². The molecule has 2 aromatic rings. The number of hydrogen-bond donors (Lipinski definition) is 1. The lowest BCUT2D eigenvalue weighted by molar-refractivity contribution is 0.202.